The first-order chi connectivity index (χ1) is 13.1. The maximum absolute atomic E-state index is 14.7. The molecule has 0 N–H and O–H groups in total. The topological polar surface area (TPSA) is 44.8 Å². The number of phosphoric acid groups is 1. The van der Waals surface area contributed by atoms with Gasteiger partial charge >= 0.3 is 184 Å². The minimum absolute atomic E-state index is 0.892. The fraction of sp³-hybridized carbons (Fsp3) is 1.00. The molecular formula is C21H54O4P4. The molecule has 0 rings (SSSR count). The molecule has 0 radical (unpaired) electrons. The molecule has 0 fully saturated rings. The zero-order chi connectivity index (χ0) is 23.3. The Morgan fingerprint density at radius 2 is 0.586 bits per heavy atom. The summed E-state index contributed by atoms with van der Waals surface area (Å²) in [6, 6.07) is 0. The van der Waals surface area contributed by atoms with Crippen LogP contribution in [0.1, 0.15) is 62.3 Å². The van der Waals surface area contributed by atoms with Crippen molar-refractivity contribution in [3.05, 3.63) is 0 Å². The molecule has 0 saturated heterocycles. The quantitative estimate of drug-likeness (QED) is 0.214. The van der Waals surface area contributed by atoms with E-state index in [2.05, 4.69) is 82.3 Å². The van der Waals surface area contributed by atoms with E-state index in [9.17, 15) is 4.57 Å². The van der Waals surface area contributed by atoms with Gasteiger partial charge in [-0.2, -0.15) is 0 Å². The summed E-state index contributed by atoms with van der Waals surface area (Å²) in [6.45, 7) is 18.3. The van der Waals surface area contributed by atoms with E-state index >= 15 is 0 Å². The molecule has 0 aliphatic heterocycles. The van der Waals surface area contributed by atoms with Gasteiger partial charge in [-0.15, -0.1) is 0 Å². The van der Waals surface area contributed by atoms with Crippen molar-refractivity contribution in [3.8, 4) is 0 Å². The number of rotatable bonds is 15. The van der Waals surface area contributed by atoms with Crippen molar-refractivity contribution in [1.82, 2.24) is 0 Å². The molecule has 0 bridgehead atoms. The Hall–Kier alpha value is 1.40. The summed E-state index contributed by atoms with van der Waals surface area (Å²) in [4.78, 5) is 0. The molecule has 29 heavy (non-hydrogen) atoms. The van der Waals surface area contributed by atoms with Gasteiger partial charge in [-0.3, -0.25) is 0 Å². The van der Waals surface area contributed by atoms with E-state index in [1.165, 1.54) is 0 Å². The first kappa shape index (κ1) is 30.4. The fourth-order valence-corrected chi connectivity index (χ4v) is 20.3. The minimum atomic E-state index is -3.75. The average Bonchev–Trinajstić information content (AvgIpc) is 2.74. The Morgan fingerprint density at radius 1 is 0.448 bits per heavy atom. The van der Waals surface area contributed by atoms with Gasteiger partial charge in [-0.25, -0.2) is 0 Å². The molecule has 0 aromatic carbocycles. The Bertz CT molecular complexity index is 482. The van der Waals surface area contributed by atoms with Crippen molar-refractivity contribution >= 4 is 28.3 Å². The molecule has 0 aromatic heterocycles. The normalized spacial score (nSPS) is 19.9. The molecule has 0 saturated carbocycles. The van der Waals surface area contributed by atoms with Gasteiger partial charge in [0.15, 0.2) is 0 Å². The van der Waals surface area contributed by atoms with Gasteiger partial charge in [0.25, 0.3) is 0 Å². The van der Waals surface area contributed by atoms with Crippen LogP contribution in [-0.4, -0.2) is 75.5 Å². The summed E-state index contributed by atoms with van der Waals surface area (Å²) >= 11 is 0. The fourth-order valence-electron chi connectivity index (χ4n) is 3.51. The molecule has 0 aromatic rings. The number of hydrogen-bond acceptors (Lipinski definition) is 4. The number of hydrogen-bond donors (Lipinski definition) is 0. The summed E-state index contributed by atoms with van der Waals surface area (Å²) in [6.07, 6.45) is 8.03. The van der Waals surface area contributed by atoms with E-state index in [0.717, 1.165) is 55.5 Å². The summed E-state index contributed by atoms with van der Waals surface area (Å²) in [7, 11) is -3.75. The SMILES string of the molecule is CCP(C)(CC)(CC)OP(=O)(OP(C)(CC)(CC)CC)OP(C)(CC)(CC)CC. The maximum atomic E-state index is 14.7. The van der Waals surface area contributed by atoms with Gasteiger partial charge in [-0.05, 0) is 0 Å². The van der Waals surface area contributed by atoms with E-state index in [-0.39, 0.29) is 0 Å². The Morgan fingerprint density at radius 3 is 0.690 bits per heavy atom. The monoisotopic (exact) mass is 494 g/mol. The summed E-state index contributed by atoms with van der Waals surface area (Å²) in [5.41, 5.74) is 0. The van der Waals surface area contributed by atoms with Crippen LogP contribution in [0.2, 0.25) is 0 Å². The van der Waals surface area contributed by atoms with E-state index in [4.69, 9.17) is 12.9 Å². The predicted molar refractivity (Wildman–Crippen MR) is 144 cm³/mol. The zero-order valence-corrected chi connectivity index (χ0v) is 25.4. The van der Waals surface area contributed by atoms with Crippen LogP contribution in [0.4, 0.5) is 0 Å². The van der Waals surface area contributed by atoms with Crippen molar-refractivity contribution < 1.29 is 17.5 Å². The second-order valence-corrected chi connectivity index (χ2v) is 31.8. The van der Waals surface area contributed by atoms with Crippen molar-refractivity contribution in [2.75, 3.05) is 75.5 Å². The van der Waals surface area contributed by atoms with E-state index in [1.54, 1.807) is 0 Å². The van der Waals surface area contributed by atoms with Crippen molar-refractivity contribution in [3.63, 3.8) is 0 Å². The summed E-state index contributed by atoms with van der Waals surface area (Å²) in [5, 5.41) is 0. The van der Waals surface area contributed by atoms with Crippen LogP contribution in [0.15, 0.2) is 0 Å². The standard InChI is InChI=1S/C21H54O4P4/c1-13-27(10,14-2,15-3)23-26(22,24-28(11,16-4,17-5)18-6)25-29(12,19-7,20-8)21-9/h13-21H2,1-12H3. The van der Waals surface area contributed by atoms with Crippen LogP contribution in [0.5, 0.6) is 0 Å². The molecule has 4 nitrogen and oxygen atoms in total. The van der Waals surface area contributed by atoms with E-state index in [0.29, 0.717) is 0 Å². The molecular weight excluding hydrogens is 440 g/mol. The third kappa shape index (κ3) is 6.47. The van der Waals surface area contributed by atoms with Crippen LogP contribution < -0.4 is 0 Å². The molecule has 0 atom stereocenters. The van der Waals surface area contributed by atoms with Gasteiger partial charge in [0, 0.05) is 0 Å². The molecule has 0 spiro atoms. The van der Waals surface area contributed by atoms with Crippen LogP contribution in [-0.2, 0) is 17.5 Å². The van der Waals surface area contributed by atoms with Crippen molar-refractivity contribution in [1.29, 1.82) is 0 Å². The van der Waals surface area contributed by atoms with Crippen LogP contribution in [0.25, 0.3) is 0 Å². The molecule has 8 heteroatoms. The molecule has 182 valence electrons. The van der Waals surface area contributed by atoms with Crippen molar-refractivity contribution in [2.24, 2.45) is 0 Å². The Balaban J connectivity index is 6.75. The third-order valence-corrected chi connectivity index (χ3v) is 33.7. The predicted octanol–water partition coefficient (Wildman–Crippen LogP) is 8.62. The molecule has 0 aliphatic rings. The zero-order valence-electron chi connectivity index (χ0n) is 21.8. The van der Waals surface area contributed by atoms with Gasteiger partial charge in [0.1, 0.15) is 0 Å². The Kier molecular flexibility index (Phi) is 10.2. The summed E-state index contributed by atoms with van der Waals surface area (Å²) < 4.78 is 35.2. The molecule has 0 heterocycles. The Labute approximate surface area is 183 Å². The van der Waals surface area contributed by atoms with Crippen molar-refractivity contribution in [2.45, 2.75) is 62.3 Å². The second kappa shape index (κ2) is 9.72. The van der Waals surface area contributed by atoms with Gasteiger partial charge < -0.3 is 0 Å². The second-order valence-electron chi connectivity index (χ2n) is 10.1. The van der Waals surface area contributed by atoms with Gasteiger partial charge in [0.05, 0.1) is 0 Å². The molecule has 0 unspecified atom stereocenters. The van der Waals surface area contributed by atoms with Gasteiger partial charge in [0.2, 0.25) is 0 Å². The molecule has 0 aliphatic carbocycles. The van der Waals surface area contributed by atoms with E-state index < -0.39 is 28.3 Å². The van der Waals surface area contributed by atoms with Crippen LogP contribution in [0, 0.1) is 0 Å². The average molecular weight is 495 g/mol. The molecule has 0 amide bonds. The third-order valence-electron chi connectivity index (χ3n) is 9.10. The first-order valence-electron chi connectivity index (χ1n) is 11.8. The summed E-state index contributed by atoms with van der Waals surface area (Å²) in [5.74, 6) is 0. The van der Waals surface area contributed by atoms with E-state index in [1.807, 2.05) is 0 Å². The first-order valence-corrected chi connectivity index (χ1v) is 22.8. The van der Waals surface area contributed by atoms with Crippen LogP contribution >= 0.6 is 28.3 Å². The van der Waals surface area contributed by atoms with Crippen LogP contribution in [0.3, 0.4) is 0 Å². The van der Waals surface area contributed by atoms with Gasteiger partial charge in [-0.1, -0.05) is 0 Å².